The summed E-state index contributed by atoms with van der Waals surface area (Å²) in [6, 6.07) is 0. The number of hydrogen-bond acceptors (Lipinski definition) is 2. The van der Waals surface area contributed by atoms with Crippen molar-refractivity contribution in [2.24, 2.45) is 17.8 Å². The highest BCUT2D eigenvalue weighted by atomic mass is 16.1. The van der Waals surface area contributed by atoms with E-state index in [9.17, 15) is 4.79 Å². The highest BCUT2D eigenvalue weighted by Gasteiger charge is 2.25. The van der Waals surface area contributed by atoms with Crippen molar-refractivity contribution in [1.82, 2.24) is 5.32 Å². The van der Waals surface area contributed by atoms with Crippen LogP contribution in [0.4, 0.5) is 0 Å². The standard InChI is InChI=1S/C15H27NO/c1-12-7-8-13(11-16-10-12)9-15(17)14-5-3-2-4-6-14/h12-14,16H,2-11H2,1H3/t12-,13-/m0/s1. The van der Waals surface area contributed by atoms with Crippen molar-refractivity contribution in [2.75, 3.05) is 13.1 Å². The summed E-state index contributed by atoms with van der Waals surface area (Å²) >= 11 is 0. The van der Waals surface area contributed by atoms with Gasteiger partial charge in [0, 0.05) is 12.3 Å². The number of ketones is 1. The number of Topliss-reactive ketones (excluding diaryl/α,β-unsaturated/α-hetero) is 1. The number of nitrogens with one attached hydrogen (secondary N) is 1. The maximum absolute atomic E-state index is 12.2. The molecule has 0 radical (unpaired) electrons. The third kappa shape index (κ3) is 4.09. The van der Waals surface area contributed by atoms with Crippen LogP contribution in [0.5, 0.6) is 0 Å². The molecule has 1 N–H and O–H groups in total. The van der Waals surface area contributed by atoms with Crippen LogP contribution in [0.3, 0.4) is 0 Å². The molecule has 0 bridgehead atoms. The molecule has 2 rings (SSSR count). The normalized spacial score (nSPS) is 32.1. The molecule has 98 valence electrons. The average molecular weight is 237 g/mol. The van der Waals surface area contributed by atoms with E-state index in [2.05, 4.69) is 12.2 Å². The van der Waals surface area contributed by atoms with Gasteiger partial charge in [0.2, 0.25) is 0 Å². The zero-order valence-electron chi connectivity index (χ0n) is 11.2. The van der Waals surface area contributed by atoms with Gasteiger partial charge in [-0.15, -0.1) is 0 Å². The second-order valence-electron chi connectivity index (χ2n) is 6.21. The molecule has 0 amide bonds. The monoisotopic (exact) mass is 237 g/mol. The Bertz CT molecular complexity index is 245. The Morgan fingerprint density at radius 2 is 1.82 bits per heavy atom. The molecule has 0 unspecified atom stereocenters. The Morgan fingerprint density at radius 1 is 1.06 bits per heavy atom. The maximum Gasteiger partial charge on any atom is 0.136 e. The summed E-state index contributed by atoms with van der Waals surface area (Å²) < 4.78 is 0. The summed E-state index contributed by atoms with van der Waals surface area (Å²) in [5.41, 5.74) is 0. The minimum absolute atomic E-state index is 0.407. The first-order chi connectivity index (χ1) is 8.25. The third-order valence-corrected chi connectivity index (χ3v) is 4.54. The Hall–Kier alpha value is -0.370. The molecule has 1 aliphatic heterocycles. The van der Waals surface area contributed by atoms with Gasteiger partial charge < -0.3 is 5.32 Å². The molecule has 0 aromatic heterocycles. The van der Waals surface area contributed by atoms with E-state index in [4.69, 9.17) is 0 Å². The van der Waals surface area contributed by atoms with Gasteiger partial charge in [-0.2, -0.15) is 0 Å². The first-order valence-corrected chi connectivity index (χ1v) is 7.49. The molecular formula is C15H27NO. The van der Waals surface area contributed by atoms with E-state index < -0.39 is 0 Å². The van der Waals surface area contributed by atoms with Crippen LogP contribution >= 0.6 is 0 Å². The van der Waals surface area contributed by atoms with Crippen LogP contribution in [0.25, 0.3) is 0 Å². The molecule has 1 saturated carbocycles. The summed E-state index contributed by atoms with van der Waals surface area (Å²) in [6.07, 6.45) is 9.58. The fraction of sp³-hybridized carbons (Fsp3) is 0.933. The van der Waals surface area contributed by atoms with Crippen LogP contribution in [0.1, 0.15) is 58.3 Å². The van der Waals surface area contributed by atoms with Crippen molar-refractivity contribution in [1.29, 1.82) is 0 Å². The predicted octanol–water partition coefficient (Wildman–Crippen LogP) is 3.16. The zero-order chi connectivity index (χ0) is 12.1. The molecule has 1 aliphatic carbocycles. The van der Waals surface area contributed by atoms with Crippen LogP contribution in [0.2, 0.25) is 0 Å². The van der Waals surface area contributed by atoms with Gasteiger partial charge in [-0.25, -0.2) is 0 Å². The molecule has 1 heterocycles. The van der Waals surface area contributed by atoms with Crippen molar-refractivity contribution in [3.05, 3.63) is 0 Å². The number of rotatable bonds is 3. The van der Waals surface area contributed by atoms with Crippen LogP contribution in [-0.2, 0) is 4.79 Å². The fourth-order valence-corrected chi connectivity index (χ4v) is 3.31. The van der Waals surface area contributed by atoms with Crippen molar-refractivity contribution in [2.45, 2.75) is 58.3 Å². The van der Waals surface area contributed by atoms with Gasteiger partial charge in [0.05, 0.1) is 0 Å². The molecule has 1 saturated heterocycles. The molecule has 0 aromatic carbocycles. The average Bonchev–Trinajstić information content (AvgIpc) is 2.56. The lowest BCUT2D eigenvalue weighted by molar-refractivity contribution is -0.124. The smallest absolute Gasteiger partial charge is 0.136 e. The molecule has 2 fully saturated rings. The van der Waals surface area contributed by atoms with Crippen molar-refractivity contribution < 1.29 is 4.79 Å². The fourth-order valence-electron chi connectivity index (χ4n) is 3.31. The van der Waals surface area contributed by atoms with Gasteiger partial charge in [-0.3, -0.25) is 4.79 Å². The zero-order valence-corrected chi connectivity index (χ0v) is 11.2. The SMILES string of the molecule is C[C@H]1CC[C@@H](CC(=O)C2CCCCC2)CNC1. The van der Waals surface area contributed by atoms with E-state index in [1.54, 1.807) is 0 Å². The maximum atomic E-state index is 12.2. The van der Waals surface area contributed by atoms with Gasteiger partial charge >= 0.3 is 0 Å². The highest BCUT2D eigenvalue weighted by molar-refractivity contribution is 5.81. The minimum Gasteiger partial charge on any atom is -0.316 e. The van der Waals surface area contributed by atoms with Crippen molar-refractivity contribution in [3.8, 4) is 0 Å². The highest BCUT2D eigenvalue weighted by Crippen LogP contribution is 2.28. The molecule has 17 heavy (non-hydrogen) atoms. The molecule has 2 atom stereocenters. The van der Waals surface area contributed by atoms with Gasteiger partial charge in [-0.1, -0.05) is 26.2 Å². The van der Waals surface area contributed by atoms with Crippen molar-refractivity contribution >= 4 is 5.78 Å². The second-order valence-corrected chi connectivity index (χ2v) is 6.21. The lowest BCUT2D eigenvalue weighted by Gasteiger charge is -2.22. The van der Waals surface area contributed by atoms with Gasteiger partial charge in [0.25, 0.3) is 0 Å². The molecule has 2 nitrogen and oxygen atoms in total. The van der Waals surface area contributed by atoms with Crippen LogP contribution in [0.15, 0.2) is 0 Å². The minimum atomic E-state index is 0.407. The first kappa shape index (κ1) is 13.1. The second kappa shape index (κ2) is 6.53. The Morgan fingerprint density at radius 3 is 2.59 bits per heavy atom. The van der Waals surface area contributed by atoms with E-state index in [1.807, 2.05) is 0 Å². The number of carbonyl (C=O) groups is 1. The summed E-state index contributed by atoms with van der Waals surface area (Å²) in [5.74, 6) is 2.36. The Labute approximate surface area is 106 Å². The van der Waals surface area contributed by atoms with Crippen LogP contribution in [-0.4, -0.2) is 18.9 Å². The largest absolute Gasteiger partial charge is 0.316 e. The van der Waals surface area contributed by atoms with E-state index in [1.165, 1.54) is 32.1 Å². The van der Waals surface area contributed by atoms with E-state index in [-0.39, 0.29) is 0 Å². The van der Waals surface area contributed by atoms with E-state index >= 15 is 0 Å². The summed E-state index contributed by atoms with van der Waals surface area (Å²) in [5, 5.41) is 3.50. The quantitative estimate of drug-likeness (QED) is 0.817. The Balaban J connectivity index is 1.76. The van der Waals surface area contributed by atoms with Gasteiger partial charge in [0.15, 0.2) is 0 Å². The lowest BCUT2D eigenvalue weighted by atomic mass is 9.82. The molecular weight excluding hydrogens is 210 g/mol. The predicted molar refractivity (Wildman–Crippen MR) is 71.0 cm³/mol. The van der Waals surface area contributed by atoms with E-state index in [0.29, 0.717) is 17.6 Å². The summed E-state index contributed by atoms with van der Waals surface area (Å²) in [6.45, 7) is 4.50. The topological polar surface area (TPSA) is 29.1 Å². The lowest BCUT2D eigenvalue weighted by Crippen LogP contribution is -2.26. The van der Waals surface area contributed by atoms with Crippen LogP contribution in [0, 0.1) is 17.8 Å². The Kier molecular flexibility index (Phi) is 5.02. The molecule has 2 heteroatoms. The molecule has 0 aromatic rings. The first-order valence-electron chi connectivity index (χ1n) is 7.49. The van der Waals surface area contributed by atoms with Gasteiger partial charge in [-0.05, 0) is 50.6 Å². The van der Waals surface area contributed by atoms with Crippen molar-refractivity contribution in [3.63, 3.8) is 0 Å². The third-order valence-electron chi connectivity index (χ3n) is 4.54. The molecule has 0 spiro atoms. The van der Waals surface area contributed by atoms with Gasteiger partial charge in [0.1, 0.15) is 5.78 Å². The summed E-state index contributed by atoms with van der Waals surface area (Å²) in [7, 11) is 0. The number of carbonyl (C=O) groups excluding carboxylic acids is 1. The summed E-state index contributed by atoms with van der Waals surface area (Å²) in [4.78, 5) is 12.2. The number of hydrogen-bond donors (Lipinski definition) is 1. The van der Waals surface area contributed by atoms with E-state index in [0.717, 1.165) is 38.3 Å². The molecule has 2 aliphatic rings. The van der Waals surface area contributed by atoms with Crippen LogP contribution < -0.4 is 5.32 Å².